The third kappa shape index (κ3) is 6.06. The smallest absolute Gasteiger partial charge is 0.414 e. The monoisotopic (exact) mass is 481 g/mol. The average Bonchev–Trinajstić information content (AvgIpc) is 2.88. The van der Waals surface area contributed by atoms with E-state index in [4.69, 9.17) is 29.5 Å². The Kier molecular flexibility index (Phi) is 8.26. The van der Waals surface area contributed by atoms with E-state index in [0.717, 1.165) is 60.6 Å². The second-order valence-corrected chi connectivity index (χ2v) is 8.38. The van der Waals surface area contributed by atoms with Crippen LogP contribution in [0.25, 0.3) is 10.8 Å². The van der Waals surface area contributed by atoms with Gasteiger partial charge >= 0.3 is 11.9 Å². The van der Waals surface area contributed by atoms with Crippen molar-refractivity contribution < 1.29 is 29.6 Å². The van der Waals surface area contributed by atoms with Crippen LogP contribution >= 0.6 is 0 Å². The third-order valence-corrected chi connectivity index (χ3v) is 6.17. The van der Waals surface area contributed by atoms with E-state index >= 15 is 0 Å². The zero-order valence-electron chi connectivity index (χ0n) is 20.1. The summed E-state index contributed by atoms with van der Waals surface area (Å²) in [4.78, 5) is 28.0. The molecular formula is C26H31N3O6. The summed E-state index contributed by atoms with van der Waals surface area (Å²) in [6.45, 7) is 9.05. The van der Waals surface area contributed by atoms with E-state index in [-0.39, 0.29) is 0 Å². The molecule has 9 heteroatoms. The lowest BCUT2D eigenvalue weighted by atomic mass is 9.91. The van der Waals surface area contributed by atoms with Crippen molar-refractivity contribution in [2.24, 2.45) is 0 Å². The number of hydrogen-bond acceptors (Lipinski definition) is 7. The maximum Gasteiger partial charge on any atom is 0.414 e. The highest BCUT2D eigenvalue weighted by Gasteiger charge is 2.30. The lowest BCUT2D eigenvalue weighted by molar-refractivity contribution is -0.159. The van der Waals surface area contributed by atoms with Gasteiger partial charge < -0.3 is 29.9 Å². The number of likely N-dealkylation sites (N-methyl/N-ethyl adjacent to an activating group) is 1. The fourth-order valence-electron chi connectivity index (χ4n) is 4.01. The molecule has 4 rings (SSSR count). The molecule has 0 aliphatic carbocycles. The molecule has 186 valence electrons. The van der Waals surface area contributed by atoms with Crippen LogP contribution in [0.15, 0.2) is 54.6 Å². The first-order chi connectivity index (χ1) is 16.7. The molecule has 1 aromatic heterocycles. The summed E-state index contributed by atoms with van der Waals surface area (Å²) in [6, 6.07) is 17.8. The molecule has 35 heavy (non-hydrogen) atoms. The number of rotatable bonds is 5. The minimum absolute atomic E-state index is 0.661. The molecule has 2 heterocycles. The van der Waals surface area contributed by atoms with Crippen molar-refractivity contribution in [3.05, 3.63) is 65.9 Å². The topological polar surface area (TPSA) is 123 Å². The predicted molar refractivity (Wildman–Crippen MR) is 133 cm³/mol. The van der Waals surface area contributed by atoms with Gasteiger partial charge in [0.1, 0.15) is 17.2 Å². The van der Waals surface area contributed by atoms with Crippen molar-refractivity contribution in [2.45, 2.75) is 19.4 Å². The SMILES string of the molecule is CCN1CCN(c2nc(C(C)(O)c3ccc(OC)cc3)cc3ccccc23)CC1.O=C(O)C(=O)O. The molecule has 0 amide bonds. The quantitative estimate of drug-likeness (QED) is 0.472. The van der Waals surface area contributed by atoms with E-state index in [0.29, 0.717) is 5.69 Å². The van der Waals surface area contributed by atoms with Crippen molar-refractivity contribution in [1.29, 1.82) is 0 Å². The van der Waals surface area contributed by atoms with Crippen LogP contribution in [0.5, 0.6) is 5.75 Å². The summed E-state index contributed by atoms with van der Waals surface area (Å²) in [5.74, 6) is -1.92. The van der Waals surface area contributed by atoms with Crippen LogP contribution in [0.1, 0.15) is 25.1 Å². The first kappa shape index (κ1) is 25.9. The maximum atomic E-state index is 11.5. The normalized spacial score (nSPS) is 15.6. The molecule has 2 aromatic carbocycles. The third-order valence-electron chi connectivity index (χ3n) is 6.17. The van der Waals surface area contributed by atoms with Gasteiger partial charge in [0.2, 0.25) is 0 Å². The number of carbonyl (C=O) groups is 2. The molecule has 9 nitrogen and oxygen atoms in total. The lowest BCUT2D eigenvalue weighted by Crippen LogP contribution is -2.46. The van der Waals surface area contributed by atoms with Crippen LogP contribution in [-0.2, 0) is 15.2 Å². The number of aliphatic carboxylic acids is 2. The lowest BCUT2D eigenvalue weighted by Gasteiger charge is -2.36. The summed E-state index contributed by atoms with van der Waals surface area (Å²) >= 11 is 0. The number of hydrogen-bond donors (Lipinski definition) is 3. The molecule has 1 aliphatic heterocycles. The number of nitrogens with zero attached hydrogens (tertiary/aromatic N) is 3. The van der Waals surface area contributed by atoms with E-state index < -0.39 is 17.5 Å². The van der Waals surface area contributed by atoms with Crippen LogP contribution in [0.3, 0.4) is 0 Å². The van der Waals surface area contributed by atoms with Crippen molar-refractivity contribution in [1.82, 2.24) is 9.88 Å². The molecule has 1 atom stereocenters. The van der Waals surface area contributed by atoms with Gasteiger partial charge in [-0.15, -0.1) is 0 Å². The van der Waals surface area contributed by atoms with E-state index in [9.17, 15) is 5.11 Å². The van der Waals surface area contributed by atoms with Gasteiger partial charge in [-0.25, -0.2) is 14.6 Å². The molecule has 0 bridgehead atoms. The first-order valence-corrected chi connectivity index (χ1v) is 11.4. The summed E-state index contributed by atoms with van der Waals surface area (Å²) in [5.41, 5.74) is 0.258. The number of aromatic nitrogens is 1. The van der Waals surface area contributed by atoms with E-state index in [1.807, 2.05) is 43.3 Å². The second kappa shape index (κ2) is 11.2. The summed E-state index contributed by atoms with van der Waals surface area (Å²) < 4.78 is 5.25. The van der Waals surface area contributed by atoms with Crippen LogP contribution in [0.4, 0.5) is 5.82 Å². The number of aliphatic hydroxyl groups is 1. The van der Waals surface area contributed by atoms with Crippen molar-refractivity contribution in [2.75, 3.05) is 44.7 Å². The number of benzene rings is 2. The molecule has 3 N–H and O–H groups in total. The van der Waals surface area contributed by atoms with Gasteiger partial charge in [-0.1, -0.05) is 43.3 Å². The highest BCUT2D eigenvalue weighted by molar-refractivity contribution is 6.27. The Morgan fingerprint density at radius 3 is 2.14 bits per heavy atom. The number of carboxylic acid groups (broad SMARTS) is 2. The molecule has 1 saturated heterocycles. The van der Waals surface area contributed by atoms with Crippen molar-refractivity contribution in [3.63, 3.8) is 0 Å². The minimum Gasteiger partial charge on any atom is -0.497 e. The Bertz CT molecular complexity index is 1160. The minimum atomic E-state index is -1.82. The predicted octanol–water partition coefficient (Wildman–Crippen LogP) is 2.80. The Labute approximate surface area is 204 Å². The molecule has 1 fully saturated rings. The number of ether oxygens (including phenoxy) is 1. The standard InChI is InChI=1S/C24H29N3O2.C2H2O4/c1-4-26-13-15-27(16-14-26)23-21-8-6-5-7-18(21)17-22(25-23)24(2,28)19-9-11-20(29-3)12-10-19;3-1(4)2(5)6/h5-12,17,28H,4,13-16H2,1-3H3;(H,3,4)(H,5,6). The molecule has 0 saturated carbocycles. The van der Waals surface area contributed by atoms with Gasteiger partial charge in [0.05, 0.1) is 12.8 Å². The zero-order chi connectivity index (χ0) is 25.6. The molecule has 1 aliphatic rings. The number of anilines is 1. The van der Waals surface area contributed by atoms with Gasteiger partial charge in [-0.3, -0.25) is 0 Å². The van der Waals surface area contributed by atoms with Gasteiger partial charge in [-0.05, 0) is 42.6 Å². The van der Waals surface area contributed by atoms with E-state index in [1.165, 1.54) is 0 Å². The number of pyridine rings is 1. The Balaban J connectivity index is 0.000000509. The highest BCUT2D eigenvalue weighted by Crippen LogP contribution is 2.34. The zero-order valence-corrected chi connectivity index (χ0v) is 20.1. The van der Waals surface area contributed by atoms with Crippen LogP contribution < -0.4 is 9.64 Å². The fraction of sp³-hybridized carbons (Fsp3) is 0.346. The number of piperazine rings is 1. The maximum absolute atomic E-state index is 11.5. The van der Waals surface area contributed by atoms with Crippen LogP contribution in [0, 0.1) is 0 Å². The largest absolute Gasteiger partial charge is 0.497 e. The second-order valence-electron chi connectivity index (χ2n) is 8.38. The van der Waals surface area contributed by atoms with Gasteiger partial charge in [0.15, 0.2) is 0 Å². The molecular weight excluding hydrogens is 450 g/mol. The van der Waals surface area contributed by atoms with E-state index in [1.54, 1.807) is 7.11 Å². The van der Waals surface area contributed by atoms with Gasteiger partial charge in [-0.2, -0.15) is 0 Å². The summed E-state index contributed by atoms with van der Waals surface area (Å²) in [5, 5.41) is 28.5. The Morgan fingerprint density at radius 2 is 1.60 bits per heavy atom. The summed E-state index contributed by atoms with van der Waals surface area (Å²) in [7, 11) is 1.64. The Hall–Kier alpha value is -3.69. The van der Waals surface area contributed by atoms with E-state index in [2.05, 4.69) is 34.9 Å². The highest BCUT2D eigenvalue weighted by atomic mass is 16.5. The van der Waals surface area contributed by atoms with Crippen molar-refractivity contribution >= 4 is 28.5 Å². The van der Waals surface area contributed by atoms with Crippen molar-refractivity contribution in [3.8, 4) is 5.75 Å². The molecule has 3 aromatic rings. The molecule has 0 radical (unpaired) electrons. The van der Waals surface area contributed by atoms with Gasteiger partial charge in [0.25, 0.3) is 0 Å². The first-order valence-electron chi connectivity index (χ1n) is 11.4. The molecule has 0 spiro atoms. The summed E-state index contributed by atoms with van der Waals surface area (Å²) in [6.07, 6.45) is 0. The number of carboxylic acids is 2. The fourth-order valence-corrected chi connectivity index (χ4v) is 4.01. The van der Waals surface area contributed by atoms with Crippen LogP contribution in [-0.4, -0.2) is 77.0 Å². The average molecular weight is 482 g/mol. The number of fused-ring (bicyclic) bond motifs is 1. The van der Waals surface area contributed by atoms with Gasteiger partial charge in [0, 0.05) is 31.6 Å². The van der Waals surface area contributed by atoms with Crippen LogP contribution in [0.2, 0.25) is 0 Å². The number of methoxy groups -OCH3 is 1. The Morgan fingerprint density at radius 1 is 1.00 bits per heavy atom. The molecule has 1 unspecified atom stereocenters.